The van der Waals surface area contributed by atoms with E-state index in [0.29, 0.717) is 10.2 Å². The second-order valence-corrected chi connectivity index (χ2v) is 5.82. The average Bonchev–Trinajstić information content (AvgIpc) is 2.22. The number of anilines is 1. The van der Waals surface area contributed by atoms with E-state index in [1.165, 1.54) is 0 Å². The summed E-state index contributed by atoms with van der Waals surface area (Å²) in [7, 11) is 0. The monoisotopic (exact) mass is 300 g/mol. The summed E-state index contributed by atoms with van der Waals surface area (Å²) in [5.41, 5.74) is 5.85. The minimum Gasteiger partial charge on any atom is -0.505 e. The maximum atomic E-state index is 11.9. The van der Waals surface area contributed by atoms with Gasteiger partial charge in [-0.05, 0) is 33.5 Å². The van der Waals surface area contributed by atoms with Crippen molar-refractivity contribution in [3.05, 3.63) is 22.7 Å². The Bertz CT molecular complexity index is 427. The van der Waals surface area contributed by atoms with E-state index < -0.39 is 6.04 Å². The molecular formula is C12H17BrN2O2. The van der Waals surface area contributed by atoms with Gasteiger partial charge < -0.3 is 16.2 Å². The van der Waals surface area contributed by atoms with Gasteiger partial charge in [0.15, 0.2) is 5.75 Å². The first-order valence-electron chi connectivity index (χ1n) is 5.27. The van der Waals surface area contributed by atoms with Crippen molar-refractivity contribution in [3.8, 4) is 5.75 Å². The van der Waals surface area contributed by atoms with E-state index in [0.717, 1.165) is 0 Å². The van der Waals surface area contributed by atoms with E-state index >= 15 is 0 Å². The average molecular weight is 301 g/mol. The minimum atomic E-state index is -0.638. The number of hydrogen-bond acceptors (Lipinski definition) is 3. The van der Waals surface area contributed by atoms with Crippen molar-refractivity contribution in [3.63, 3.8) is 0 Å². The number of benzene rings is 1. The predicted octanol–water partition coefficient (Wildman–Crippen LogP) is 2.47. The van der Waals surface area contributed by atoms with Crippen molar-refractivity contribution < 1.29 is 9.90 Å². The molecule has 5 heteroatoms. The van der Waals surface area contributed by atoms with Crippen LogP contribution in [0.25, 0.3) is 0 Å². The molecule has 94 valence electrons. The van der Waals surface area contributed by atoms with Crippen molar-refractivity contribution in [1.82, 2.24) is 0 Å². The van der Waals surface area contributed by atoms with Crippen molar-refractivity contribution >= 4 is 27.5 Å². The number of carbonyl (C=O) groups is 1. The molecule has 4 nitrogen and oxygen atoms in total. The van der Waals surface area contributed by atoms with Gasteiger partial charge in [0.25, 0.3) is 0 Å². The van der Waals surface area contributed by atoms with Crippen LogP contribution in [0.2, 0.25) is 0 Å². The molecule has 0 saturated heterocycles. The highest BCUT2D eigenvalue weighted by atomic mass is 79.9. The maximum absolute atomic E-state index is 11.9. The van der Waals surface area contributed by atoms with Crippen LogP contribution >= 0.6 is 15.9 Å². The Kier molecular flexibility index (Phi) is 4.16. The van der Waals surface area contributed by atoms with Gasteiger partial charge >= 0.3 is 0 Å². The van der Waals surface area contributed by atoms with Crippen LogP contribution in [-0.4, -0.2) is 17.1 Å². The minimum absolute atomic E-state index is 0.00181. The van der Waals surface area contributed by atoms with Crippen LogP contribution in [-0.2, 0) is 4.79 Å². The predicted molar refractivity (Wildman–Crippen MR) is 71.9 cm³/mol. The molecule has 1 rings (SSSR count). The van der Waals surface area contributed by atoms with Gasteiger partial charge in [0.05, 0.1) is 16.2 Å². The quantitative estimate of drug-likeness (QED) is 0.735. The normalized spacial score (nSPS) is 13.2. The number of para-hydroxylation sites is 1. The fourth-order valence-electron chi connectivity index (χ4n) is 1.22. The lowest BCUT2D eigenvalue weighted by Gasteiger charge is -2.26. The lowest BCUT2D eigenvalue weighted by molar-refractivity contribution is -0.119. The number of hydrogen-bond donors (Lipinski definition) is 3. The Hall–Kier alpha value is -1.07. The third-order valence-corrected chi connectivity index (χ3v) is 3.10. The number of nitrogens with one attached hydrogen (secondary N) is 1. The molecular weight excluding hydrogens is 284 g/mol. The van der Waals surface area contributed by atoms with Gasteiger partial charge in [-0.1, -0.05) is 26.8 Å². The fourth-order valence-corrected chi connectivity index (χ4v) is 1.59. The van der Waals surface area contributed by atoms with Crippen molar-refractivity contribution in [2.45, 2.75) is 26.8 Å². The van der Waals surface area contributed by atoms with E-state index in [9.17, 15) is 9.90 Å². The second kappa shape index (κ2) is 5.06. The van der Waals surface area contributed by atoms with E-state index in [1.807, 2.05) is 20.8 Å². The molecule has 0 aliphatic rings. The summed E-state index contributed by atoms with van der Waals surface area (Å²) in [6.45, 7) is 5.66. The zero-order valence-corrected chi connectivity index (χ0v) is 11.7. The number of rotatable bonds is 2. The first-order valence-corrected chi connectivity index (χ1v) is 6.06. The molecule has 0 aromatic heterocycles. The van der Waals surface area contributed by atoms with Crippen LogP contribution in [0.4, 0.5) is 5.69 Å². The van der Waals surface area contributed by atoms with Gasteiger partial charge in [-0.2, -0.15) is 0 Å². The number of phenols is 1. The van der Waals surface area contributed by atoms with E-state index in [2.05, 4.69) is 21.2 Å². The topological polar surface area (TPSA) is 75.4 Å². The Balaban J connectivity index is 2.86. The molecule has 0 aliphatic carbocycles. The van der Waals surface area contributed by atoms with E-state index in [4.69, 9.17) is 5.73 Å². The number of halogens is 1. The second-order valence-electron chi connectivity index (χ2n) is 4.97. The van der Waals surface area contributed by atoms with Crippen LogP contribution in [0.3, 0.4) is 0 Å². The molecule has 17 heavy (non-hydrogen) atoms. The van der Waals surface area contributed by atoms with Crippen molar-refractivity contribution in [1.29, 1.82) is 0 Å². The van der Waals surface area contributed by atoms with Crippen molar-refractivity contribution in [2.75, 3.05) is 5.32 Å². The summed E-state index contributed by atoms with van der Waals surface area (Å²) in [6, 6.07) is 4.39. The fraction of sp³-hybridized carbons (Fsp3) is 0.417. The number of carbonyl (C=O) groups excluding carboxylic acids is 1. The van der Waals surface area contributed by atoms with Crippen LogP contribution in [0.5, 0.6) is 5.75 Å². The zero-order chi connectivity index (χ0) is 13.2. The molecule has 0 aliphatic heterocycles. The Morgan fingerprint density at radius 3 is 2.59 bits per heavy atom. The Labute approximate surface area is 109 Å². The molecule has 4 N–H and O–H groups in total. The Morgan fingerprint density at radius 1 is 1.47 bits per heavy atom. The highest BCUT2D eigenvalue weighted by Crippen LogP contribution is 2.32. The molecule has 1 aromatic rings. The van der Waals surface area contributed by atoms with Gasteiger partial charge in [-0.25, -0.2) is 0 Å². The third-order valence-electron chi connectivity index (χ3n) is 2.46. The van der Waals surface area contributed by atoms with Crippen LogP contribution in [0.1, 0.15) is 20.8 Å². The molecule has 0 radical (unpaired) electrons. The lowest BCUT2D eigenvalue weighted by atomic mass is 9.87. The number of aromatic hydroxyl groups is 1. The summed E-state index contributed by atoms with van der Waals surface area (Å²) in [5.74, 6) is -0.312. The van der Waals surface area contributed by atoms with Gasteiger partial charge in [-0.15, -0.1) is 0 Å². The first-order chi connectivity index (χ1) is 7.73. The SMILES string of the molecule is CC(C)(C)C(N)C(=O)Nc1cccc(Br)c1O. The van der Waals surface area contributed by atoms with E-state index in [1.54, 1.807) is 18.2 Å². The number of nitrogens with two attached hydrogens (primary N) is 1. The molecule has 0 bridgehead atoms. The van der Waals surface area contributed by atoms with Crippen LogP contribution < -0.4 is 11.1 Å². The molecule has 0 fully saturated rings. The molecule has 1 unspecified atom stereocenters. The molecule has 0 spiro atoms. The number of amides is 1. The zero-order valence-electron chi connectivity index (χ0n) is 10.1. The summed E-state index contributed by atoms with van der Waals surface area (Å²) < 4.78 is 0.527. The lowest BCUT2D eigenvalue weighted by Crippen LogP contribution is -2.45. The van der Waals surface area contributed by atoms with Gasteiger partial charge in [0.1, 0.15) is 0 Å². The van der Waals surface area contributed by atoms with Gasteiger partial charge in [0.2, 0.25) is 5.91 Å². The van der Waals surface area contributed by atoms with Gasteiger partial charge in [-0.3, -0.25) is 4.79 Å². The van der Waals surface area contributed by atoms with Gasteiger partial charge in [0, 0.05) is 0 Å². The smallest absolute Gasteiger partial charge is 0.241 e. The summed E-state index contributed by atoms with van der Waals surface area (Å²) in [5, 5.41) is 12.3. The molecule has 1 aromatic carbocycles. The van der Waals surface area contributed by atoms with Crippen LogP contribution in [0.15, 0.2) is 22.7 Å². The third kappa shape index (κ3) is 3.44. The number of phenolic OH excluding ortho intramolecular Hbond substituents is 1. The highest BCUT2D eigenvalue weighted by Gasteiger charge is 2.27. The summed E-state index contributed by atoms with van der Waals surface area (Å²) >= 11 is 3.18. The van der Waals surface area contributed by atoms with Crippen LogP contribution in [0, 0.1) is 5.41 Å². The largest absolute Gasteiger partial charge is 0.505 e. The molecule has 1 amide bonds. The Morgan fingerprint density at radius 2 is 2.06 bits per heavy atom. The molecule has 0 saturated carbocycles. The summed E-state index contributed by atoms with van der Waals surface area (Å²) in [6.07, 6.45) is 0. The van der Waals surface area contributed by atoms with E-state index in [-0.39, 0.29) is 17.1 Å². The van der Waals surface area contributed by atoms with Crippen molar-refractivity contribution in [2.24, 2.45) is 11.1 Å². The standard InChI is InChI=1S/C12H17BrN2O2/c1-12(2,3)10(14)11(17)15-8-6-4-5-7(13)9(8)16/h4-6,10,16H,14H2,1-3H3,(H,15,17). The first kappa shape index (κ1) is 14.0. The maximum Gasteiger partial charge on any atom is 0.241 e. The molecule has 1 atom stereocenters. The molecule has 0 heterocycles. The summed E-state index contributed by atoms with van der Waals surface area (Å²) in [4.78, 5) is 11.9. The highest BCUT2D eigenvalue weighted by molar-refractivity contribution is 9.10.